The fourth-order valence-corrected chi connectivity index (χ4v) is 7.67. The maximum atomic E-state index is 13.2. The van der Waals surface area contributed by atoms with Crippen molar-refractivity contribution in [2.24, 2.45) is 5.92 Å². The van der Waals surface area contributed by atoms with Crippen molar-refractivity contribution < 1.29 is 38.8 Å². The van der Waals surface area contributed by atoms with Crippen molar-refractivity contribution in [3.05, 3.63) is 131 Å². The molecule has 0 aromatic heterocycles. The molecule has 54 heavy (non-hydrogen) atoms. The Hall–Kier alpha value is -4.91. The zero-order valence-corrected chi connectivity index (χ0v) is 30.4. The molecule has 0 bridgehead atoms. The minimum atomic E-state index is -0.987. The molecule has 3 aliphatic rings. The van der Waals surface area contributed by atoms with Gasteiger partial charge < -0.3 is 29.7 Å². The van der Waals surface area contributed by atoms with Crippen LogP contribution in [0.15, 0.2) is 103 Å². The molecule has 3 heterocycles. The fraction of sp³-hybridized carbons (Fsp3) is 0.372. The lowest BCUT2D eigenvalue weighted by Crippen LogP contribution is -2.46. The largest absolute Gasteiger partial charge is 0.445 e. The van der Waals surface area contributed by atoms with Gasteiger partial charge in [0, 0.05) is 24.1 Å². The minimum Gasteiger partial charge on any atom is -0.445 e. The molecule has 3 amide bonds. The van der Waals surface area contributed by atoms with Gasteiger partial charge in [0.25, 0.3) is 5.91 Å². The molecular weight excluding hydrogens is 686 g/mol. The highest BCUT2D eigenvalue weighted by Crippen LogP contribution is 2.43. The van der Waals surface area contributed by atoms with E-state index in [4.69, 9.17) is 14.2 Å². The summed E-state index contributed by atoms with van der Waals surface area (Å²) < 4.78 is 18.7. The molecule has 3 fully saturated rings. The molecule has 0 radical (unpaired) electrons. The summed E-state index contributed by atoms with van der Waals surface area (Å²) in [5, 5.41) is 22.2. The number of aliphatic hydroxyl groups is 2. The molecule has 0 aliphatic carbocycles. The highest BCUT2D eigenvalue weighted by atomic mass is 16.7. The molecule has 282 valence electrons. The van der Waals surface area contributed by atoms with Crippen molar-refractivity contribution in [2.75, 3.05) is 19.7 Å². The monoisotopic (exact) mass is 733 g/mol. The van der Waals surface area contributed by atoms with Crippen LogP contribution in [0.3, 0.4) is 0 Å². The molecule has 6 atom stereocenters. The van der Waals surface area contributed by atoms with Crippen molar-refractivity contribution in [2.45, 2.75) is 76.5 Å². The van der Waals surface area contributed by atoms with Crippen LogP contribution in [0.2, 0.25) is 0 Å². The Bertz CT molecular complexity index is 1920. The van der Waals surface area contributed by atoms with Crippen LogP contribution >= 0.6 is 0 Å². The summed E-state index contributed by atoms with van der Waals surface area (Å²) in [6.45, 7) is 3.95. The van der Waals surface area contributed by atoms with Gasteiger partial charge in [-0.1, -0.05) is 97.9 Å². The summed E-state index contributed by atoms with van der Waals surface area (Å²) in [6.07, 6.45) is 0.0421. The number of aliphatic hydroxyl groups excluding tert-OH is 2. The number of nitrogens with one attached hydrogen (secondary N) is 1. The first-order chi connectivity index (χ1) is 26.3. The van der Waals surface area contributed by atoms with Crippen molar-refractivity contribution in [1.29, 1.82) is 0 Å². The van der Waals surface area contributed by atoms with Crippen LogP contribution in [0.5, 0.6) is 0 Å². The topological polar surface area (TPSA) is 138 Å². The predicted molar refractivity (Wildman–Crippen MR) is 200 cm³/mol. The van der Waals surface area contributed by atoms with Crippen LogP contribution in [0.1, 0.15) is 66.4 Å². The van der Waals surface area contributed by atoms with Gasteiger partial charge in [-0.15, -0.1) is 0 Å². The van der Waals surface area contributed by atoms with Crippen LogP contribution in [0, 0.1) is 5.92 Å². The van der Waals surface area contributed by atoms with Crippen LogP contribution in [-0.2, 0) is 43.6 Å². The van der Waals surface area contributed by atoms with Gasteiger partial charge in [-0.25, -0.2) is 4.79 Å². The normalized spacial score (nSPS) is 24.5. The Morgan fingerprint density at radius 3 is 2.35 bits per heavy atom. The number of ether oxygens (including phenoxy) is 3. The third-order valence-electron chi connectivity index (χ3n) is 10.8. The molecule has 4 aromatic carbocycles. The number of nitrogens with zero attached hydrogens (tertiary/aromatic N) is 2. The number of carbonyl (C=O) groups excluding carboxylic acids is 3. The highest BCUT2D eigenvalue weighted by molar-refractivity contribution is 6.06. The number of imide groups is 1. The fourth-order valence-electron chi connectivity index (χ4n) is 7.67. The molecule has 1 unspecified atom stereocenters. The predicted octanol–water partition coefficient (Wildman–Crippen LogP) is 5.65. The first-order valence-corrected chi connectivity index (χ1v) is 18.7. The van der Waals surface area contributed by atoms with Gasteiger partial charge in [-0.05, 0) is 64.9 Å². The third kappa shape index (κ3) is 8.56. The average Bonchev–Trinajstić information content (AvgIpc) is 3.77. The van der Waals surface area contributed by atoms with Gasteiger partial charge in [-0.2, -0.15) is 0 Å². The summed E-state index contributed by atoms with van der Waals surface area (Å²) in [6, 6.07) is 31.9. The summed E-state index contributed by atoms with van der Waals surface area (Å²) in [5.74, 6) is -0.818. The molecule has 0 saturated carbocycles. The summed E-state index contributed by atoms with van der Waals surface area (Å²) in [4.78, 5) is 42.1. The third-order valence-corrected chi connectivity index (χ3v) is 10.8. The van der Waals surface area contributed by atoms with Crippen molar-refractivity contribution in [3.8, 4) is 11.1 Å². The van der Waals surface area contributed by atoms with Crippen molar-refractivity contribution in [1.82, 2.24) is 15.1 Å². The molecule has 11 nitrogen and oxygen atoms in total. The van der Waals surface area contributed by atoms with Gasteiger partial charge in [-0.3, -0.25) is 19.4 Å². The molecule has 7 rings (SSSR count). The van der Waals surface area contributed by atoms with Crippen LogP contribution in [-0.4, -0.2) is 75.8 Å². The Labute approximate surface area is 315 Å². The Balaban J connectivity index is 1.05. The van der Waals surface area contributed by atoms with Gasteiger partial charge in [0.05, 0.1) is 38.4 Å². The lowest BCUT2D eigenvalue weighted by atomic mass is 9.89. The lowest BCUT2D eigenvalue weighted by Gasteiger charge is -2.43. The number of hydrogen-bond donors (Lipinski definition) is 3. The maximum absolute atomic E-state index is 13.2. The van der Waals surface area contributed by atoms with Crippen LogP contribution < -0.4 is 5.32 Å². The molecule has 11 heteroatoms. The van der Waals surface area contributed by atoms with E-state index >= 15 is 0 Å². The van der Waals surface area contributed by atoms with Crippen molar-refractivity contribution in [3.63, 3.8) is 0 Å². The van der Waals surface area contributed by atoms with E-state index in [1.807, 2.05) is 103 Å². The molecule has 0 spiro atoms. The number of likely N-dealkylation sites (tertiary alicyclic amines) is 2. The second-order valence-corrected chi connectivity index (χ2v) is 14.4. The smallest absolute Gasteiger partial charge is 0.408 e. The lowest BCUT2D eigenvalue weighted by molar-refractivity contribution is -0.276. The Morgan fingerprint density at radius 2 is 1.59 bits per heavy atom. The van der Waals surface area contributed by atoms with Gasteiger partial charge in [0.15, 0.2) is 6.29 Å². The van der Waals surface area contributed by atoms with E-state index < -0.39 is 24.3 Å². The average molecular weight is 734 g/mol. The number of hydrogen-bond acceptors (Lipinski definition) is 9. The zero-order valence-electron chi connectivity index (χ0n) is 30.4. The highest BCUT2D eigenvalue weighted by Gasteiger charge is 2.41. The van der Waals surface area contributed by atoms with E-state index in [1.54, 1.807) is 0 Å². The molecule has 3 aliphatic heterocycles. The minimum absolute atomic E-state index is 0.0202. The van der Waals surface area contributed by atoms with Crippen molar-refractivity contribution >= 4 is 17.9 Å². The van der Waals surface area contributed by atoms with E-state index in [9.17, 15) is 24.6 Å². The Kier molecular flexibility index (Phi) is 11.8. The molecular formula is C43H47N3O8. The molecule has 3 saturated heterocycles. The van der Waals surface area contributed by atoms with Crippen LogP contribution in [0.4, 0.5) is 4.79 Å². The summed E-state index contributed by atoms with van der Waals surface area (Å²) >= 11 is 0. The first kappa shape index (κ1) is 37.4. The summed E-state index contributed by atoms with van der Waals surface area (Å²) in [5.41, 5.74) is 6.08. The first-order valence-electron chi connectivity index (χ1n) is 18.7. The van der Waals surface area contributed by atoms with E-state index in [0.29, 0.717) is 6.54 Å². The van der Waals surface area contributed by atoms with E-state index in [0.717, 1.165) is 58.3 Å². The quantitative estimate of drug-likeness (QED) is 0.158. The van der Waals surface area contributed by atoms with Gasteiger partial charge in [0.1, 0.15) is 12.6 Å². The van der Waals surface area contributed by atoms with Gasteiger partial charge >= 0.3 is 6.09 Å². The zero-order chi connectivity index (χ0) is 37.6. The summed E-state index contributed by atoms with van der Waals surface area (Å²) in [7, 11) is 0. The van der Waals surface area contributed by atoms with Gasteiger partial charge in [0.2, 0.25) is 5.91 Å². The van der Waals surface area contributed by atoms with Crippen LogP contribution in [0.25, 0.3) is 11.1 Å². The van der Waals surface area contributed by atoms with E-state index in [1.165, 1.54) is 4.90 Å². The van der Waals surface area contributed by atoms with E-state index in [2.05, 4.69) is 17.1 Å². The number of alkyl carbamates (subject to hydrolysis) is 1. The SMILES string of the molecule is C[C@@H]1[C@H](CN2CCC[C@H]2CO)O[C@H](c2cccc(-c3cccc(CN4C(=O)CC(NC(=O)OCc5ccccc5)C4=O)c3)c2)O[C@@H]1c1ccc(CO)cc1. The number of benzene rings is 4. The maximum Gasteiger partial charge on any atom is 0.408 e. The molecule has 4 aromatic rings. The standard InChI is InChI=1S/C43H47N3O8/c1-28-38(24-45-19-7-14-36(45)26-48)53-42(54-40(28)32-17-15-29(25-47)16-18-32)35-13-6-12-34(21-35)33-11-5-10-31(20-33)23-46-39(49)22-37(41(46)50)44-43(51)52-27-30-8-3-2-4-9-30/h2-6,8-13,15-18,20-21,28,36-38,40,42,47-48H,7,14,19,22-27H2,1H3,(H,44,51)/t28-,36+,37?,38+,40+,42+/m1/s1. The number of carbonyl (C=O) groups is 3. The van der Waals surface area contributed by atoms with E-state index in [-0.39, 0.29) is 62.9 Å². The second kappa shape index (κ2) is 17.0. The number of amides is 3. The second-order valence-electron chi connectivity index (χ2n) is 14.4. The molecule has 3 N–H and O–H groups in total. The number of rotatable bonds is 12. The Morgan fingerprint density at radius 1 is 0.852 bits per heavy atom.